The van der Waals surface area contributed by atoms with Crippen molar-refractivity contribution in [2.24, 2.45) is 0 Å². The van der Waals surface area contributed by atoms with Crippen LogP contribution in [0.25, 0.3) is 0 Å². The molecule has 2 aromatic rings. The highest BCUT2D eigenvalue weighted by Gasteiger charge is 2.50. The molecule has 17 heteroatoms. The lowest BCUT2D eigenvalue weighted by Crippen LogP contribution is -2.64. The molecule has 0 unspecified atom stereocenters. The number of amides is 1. The van der Waals surface area contributed by atoms with Crippen molar-refractivity contribution in [1.29, 1.82) is 0 Å². The lowest BCUT2D eigenvalue weighted by molar-refractivity contribution is -0.359. The van der Waals surface area contributed by atoms with Crippen molar-refractivity contribution in [3.05, 3.63) is 51.7 Å². The minimum Gasteiger partial charge on any atom is -0.394 e. The van der Waals surface area contributed by atoms with Gasteiger partial charge in [0.25, 0.3) is 0 Å². The molecular weight excluding hydrogens is 671 g/mol. The van der Waals surface area contributed by atoms with Crippen LogP contribution in [-0.4, -0.2) is 145 Å². The highest BCUT2D eigenvalue weighted by molar-refractivity contribution is 7.10. The number of nitrogens with zero attached hydrogens (tertiary/aromatic N) is 2. The number of ketones is 1. The number of carbonyl (C=O) groups is 2. The van der Waals surface area contributed by atoms with Crippen molar-refractivity contribution in [2.75, 3.05) is 26.4 Å². The summed E-state index contributed by atoms with van der Waals surface area (Å²) in [6.45, 7) is -0.672. The first kappa shape index (κ1) is 37.7. The van der Waals surface area contributed by atoms with E-state index in [-0.39, 0.29) is 36.5 Å². The number of carbonyl (C=O) groups excluding carboxylic acids is 2. The number of hydrogen-bond acceptors (Lipinski definition) is 15. The van der Waals surface area contributed by atoms with Crippen LogP contribution in [0, 0.1) is 5.82 Å². The predicted octanol–water partition coefficient (Wildman–Crippen LogP) is -0.622. The molecule has 1 aromatic carbocycles. The summed E-state index contributed by atoms with van der Waals surface area (Å²) in [6.07, 6.45) is -11.8. The largest absolute Gasteiger partial charge is 0.394 e. The summed E-state index contributed by atoms with van der Waals surface area (Å²) in [5, 5.41) is 73.2. The van der Waals surface area contributed by atoms with E-state index in [0.29, 0.717) is 36.4 Å². The van der Waals surface area contributed by atoms with Crippen molar-refractivity contribution in [2.45, 2.75) is 106 Å². The van der Waals surface area contributed by atoms with Crippen LogP contribution < -0.4 is 0 Å². The Bertz CT molecular complexity index is 1380. The Morgan fingerprint density at radius 1 is 0.898 bits per heavy atom. The van der Waals surface area contributed by atoms with E-state index in [0.717, 1.165) is 12.8 Å². The van der Waals surface area contributed by atoms with E-state index >= 15 is 0 Å². The van der Waals surface area contributed by atoms with E-state index in [1.807, 2.05) is 0 Å². The van der Waals surface area contributed by atoms with Crippen molar-refractivity contribution in [3.8, 4) is 0 Å². The SMILES string of the molecule is O=C(c1ccc(F)cc1)c1csc([C@@H]2CCCN2C(=O)CCCCCO[C@@H]2O[C@H](CO)[C@@H](O[C@@H]3O[C@H](CO)[C@H](O)[C@H](O)[C@H]3O)[C@H](O)[C@H]2O)n1. The molecule has 0 saturated carbocycles. The first-order valence-corrected chi connectivity index (χ1v) is 17.2. The van der Waals surface area contributed by atoms with Gasteiger partial charge in [-0.3, -0.25) is 9.59 Å². The normalized spacial score (nSPS) is 33.6. The number of aliphatic hydroxyl groups is 7. The number of aromatic nitrogens is 1. The molecule has 5 rings (SSSR count). The average Bonchev–Trinajstić information content (AvgIpc) is 3.80. The zero-order valence-electron chi connectivity index (χ0n) is 26.6. The second-order valence-electron chi connectivity index (χ2n) is 12.3. The zero-order valence-corrected chi connectivity index (χ0v) is 27.4. The minimum absolute atomic E-state index is 0.0320. The number of benzene rings is 1. The van der Waals surface area contributed by atoms with Crippen molar-refractivity contribution < 1.29 is 68.7 Å². The molecule has 0 spiro atoms. The molecular formula is C32H43FN2O13S. The van der Waals surface area contributed by atoms with E-state index in [1.54, 1.807) is 10.3 Å². The first-order valence-electron chi connectivity index (χ1n) is 16.3. The van der Waals surface area contributed by atoms with Crippen molar-refractivity contribution in [3.63, 3.8) is 0 Å². The fourth-order valence-corrected chi connectivity index (χ4v) is 7.15. The third kappa shape index (κ3) is 8.69. The Balaban J connectivity index is 1.04. The van der Waals surface area contributed by atoms with Crippen LogP contribution in [0.4, 0.5) is 4.39 Å². The van der Waals surface area contributed by atoms with Crippen LogP contribution in [0.15, 0.2) is 29.6 Å². The lowest BCUT2D eigenvalue weighted by atomic mass is 9.97. The second kappa shape index (κ2) is 17.1. The molecule has 0 bridgehead atoms. The quantitative estimate of drug-likeness (QED) is 0.0956. The van der Waals surface area contributed by atoms with Gasteiger partial charge in [-0.15, -0.1) is 11.3 Å². The van der Waals surface area contributed by atoms with E-state index in [2.05, 4.69) is 4.98 Å². The summed E-state index contributed by atoms with van der Waals surface area (Å²) in [6, 6.07) is 5.04. The van der Waals surface area contributed by atoms with Crippen molar-refractivity contribution in [1.82, 2.24) is 9.88 Å². The number of thiazole rings is 1. The maximum atomic E-state index is 13.2. The Labute approximate surface area is 285 Å². The van der Waals surface area contributed by atoms with Gasteiger partial charge in [-0.05, 0) is 49.9 Å². The topological polar surface area (TPSA) is 229 Å². The summed E-state index contributed by atoms with van der Waals surface area (Å²) in [5.74, 6) is -0.778. The van der Waals surface area contributed by atoms with E-state index < -0.39 is 80.4 Å². The van der Waals surface area contributed by atoms with Gasteiger partial charge in [0.05, 0.1) is 19.3 Å². The standard InChI is InChI=1S/C32H43FN2O13S/c33-17-9-7-16(8-10-17)23(39)18-15-49-30(34-18)19-5-4-11-35(19)22(38)6-2-1-3-12-45-31-28(44)26(42)29(21(14-37)47-31)48-32-27(43)25(41)24(40)20(13-36)46-32/h7-10,15,19-21,24-29,31-32,36-37,40-44H,1-6,11-14H2/t19-,20+,21+,24-,25-,26+,27+,28+,29+,31+,32-/m0/s1. The summed E-state index contributed by atoms with van der Waals surface area (Å²) < 4.78 is 35.3. The molecule has 49 heavy (non-hydrogen) atoms. The lowest BCUT2D eigenvalue weighted by Gasteiger charge is -2.45. The highest BCUT2D eigenvalue weighted by atomic mass is 32.1. The average molecular weight is 715 g/mol. The summed E-state index contributed by atoms with van der Waals surface area (Å²) in [5.41, 5.74) is 0.591. The van der Waals surface area contributed by atoms with Crippen LogP contribution in [0.3, 0.4) is 0 Å². The number of hydrogen-bond donors (Lipinski definition) is 7. The molecule has 0 aliphatic carbocycles. The third-order valence-corrected chi connectivity index (χ3v) is 9.94. The minimum atomic E-state index is -1.76. The number of aliphatic hydroxyl groups excluding tert-OH is 7. The molecule has 1 amide bonds. The molecule has 3 fully saturated rings. The summed E-state index contributed by atoms with van der Waals surface area (Å²) >= 11 is 1.32. The summed E-state index contributed by atoms with van der Waals surface area (Å²) in [4.78, 5) is 32.2. The van der Waals surface area contributed by atoms with Crippen LogP contribution >= 0.6 is 11.3 Å². The van der Waals surface area contributed by atoms with Gasteiger partial charge in [-0.25, -0.2) is 9.37 Å². The fourth-order valence-electron chi connectivity index (χ4n) is 6.21. The Kier molecular flexibility index (Phi) is 13.2. The molecule has 7 N–H and O–H groups in total. The van der Waals surface area contributed by atoms with Crippen LogP contribution in [0.5, 0.6) is 0 Å². The van der Waals surface area contributed by atoms with Crippen LogP contribution in [0.1, 0.15) is 65.6 Å². The zero-order chi connectivity index (χ0) is 35.2. The monoisotopic (exact) mass is 714 g/mol. The van der Waals surface area contributed by atoms with Gasteiger partial charge in [-0.2, -0.15) is 0 Å². The molecule has 272 valence electrons. The third-order valence-electron chi connectivity index (χ3n) is 9.00. The Morgan fingerprint density at radius 2 is 1.59 bits per heavy atom. The van der Waals surface area contributed by atoms with Gasteiger partial charge in [-0.1, -0.05) is 6.42 Å². The Morgan fingerprint density at radius 3 is 2.31 bits per heavy atom. The molecule has 15 nitrogen and oxygen atoms in total. The molecule has 4 heterocycles. The van der Waals surface area contributed by atoms with Crippen LogP contribution in [0.2, 0.25) is 0 Å². The van der Waals surface area contributed by atoms with E-state index in [1.165, 1.54) is 35.6 Å². The molecule has 3 aliphatic rings. The van der Waals surface area contributed by atoms with Crippen molar-refractivity contribution >= 4 is 23.0 Å². The predicted molar refractivity (Wildman–Crippen MR) is 166 cm³/mol. The number of halogens is 1. The molecule has 3 aliphatic heterocycles. The number of unbranched alkanes of at least 4 members (excludes halogenated alkanes) is 2. The molecule has 11 atom stereocenters. The number of likely N-dealkylation sites (tertiary alicyclic amines) is 1. The van der Waals surface area contributed by atoms with Crippen LogP contribution in [-0.2, 0) is 23.7 Å². The van der Waals surface area contributed by atoms with E-state index in [9.17, 15) is 49.7 Å². The van der Waals surface area contributed by atoms with Gasteiger partial charge in [0.1, 0.15) is 65.4 Å². The first-order chi connectivity index (χ1) is 23.5. The smallest absolute Gasteiger partial charge is 0.223 e. The van der Waals surface area contributed by atoms with Gasteiger partial charge in [0, 0.05) is 30.5 Å². The molecule has 3 saturated heterocycles. The van der Waals surface area contributed by atoms with Gasteiger partial charge >= 0.3 is 0 Å². The molecule has 1 aromatic heterocycles. The maximum Gasteiger partial charge on any atom is 0.223 e. The Hall–Kier alpha value is -2.52. The van der Waals surface area contributed by atoms with E-state index in [4.69, 9.17) is 18.9 Å². The second-order valence-corrected chi connectivity index (χ2v) is 13.2. The van der Waals surface area contributed by atoms with Gasteiger partial charge in [0.15, 0.2) is 12.6 Å². The fraction of sp³-hybridized carbons (Fsp3) is 0.656. The highest BCUT2D eigenvalue weighted by Crippen LogP contribution is 2.35. The van der Waals surface area contributed by atoms with Gasteiger partial charge in [0.2, 0.25) is 11.7 Å². The van der Waals surface area contributed by atoms with Gasteiger partial charge < -0.3 is 59.6 Å². The number of rotatable bonds is 14. The number of ether oxygens (including phenoxy) is 4. The molecule has 0 radical (unpaired) electrons. The maximum absolute atomic E-state index is 13.2. The summed E-state index contributed by atoms with van der Waals surface area (Å²) in [7, 11) is 0.